The Labute approximate surface area is 71.6 Å². The molecule has 0 rings (SSSR count). The van der Waals surface area contributed by atoms with Crippen LogP contribution >= 0.6 is 6.72 Å². The summed E-state index contributed by atoms with van der Waals surface area (Å²) in [6.45, 7) is -1.37. The van der Waals surface area contributed by atoms with Crippen LogP contribution in [0.25, 0.3) is 0 Å². The maximum Gasteiger partial charge on any atom is 0.321 e. The molecule has 68 valence electrons. The van der Waals surface area contributed by atoms with Gasteiger partial charge >= 0.3 is 6.72 Å². The van der Waals surface area contributed by atoms with Crippen LogP contribution in [0.4, 0.5) is 0 Å². The minimum atomic E-state index is -3.49. The van der Waals surface area contributed by atoms with E-state index in [2.05, 4.69) is 16.3 Å². The van der Waals surface area contributed by atoms with Crippen LogP contribution in [0.15, 0.2) is 0 Å². The normalized spacial score (nSPS) is 14.9. The molecule has 0 spiro atoms. The minimum absolute atomic E-state index is 0.123. The highest BCUT2D eigenvalue weighted by molar-refractivity contribution is 8.06. The van der Waals surface area contributed by atoms with Gasteiger partial charge in [-0.25, -0.2) is 0 Å². The molecule has 0 aliphatic carbocycles. The van der Waals surface area contributed by atoms with Crippen LogP contribution in [-0.4, -0.2) is 22.4 Å². The van der Waals surface area contributed by atoms with Gasteiger partial charge in [-0.15, -0.1) is 0 Å². The molecule has 11 heavy (non-hydrogen) atoms. The lowest BCUT2D eigenvalue weighted by Gasteiger charge is -2.12. The van der Waals surface area contributed by atoms with Crippen molar-refractivity contribution >= 4 is 18.5 Å². The Kier molecular flexibility index (Phi) is 5.42. The fraction of sp³-hybridized carbons (Fsp3) is 1.00. The molecule has 0 heterocycles. The minimum Gasteiger partial charge on any atom is -0.326 e. The van der Waals surface area contributed by atoms with E-state index in [0.717, 1.165) is 12.8 Å². The molecular formula is C5H14NO3PS. The number of hydrogen-bond acceptors (Lipinski definition) is 3. The fourth-order valence-electron chi connectivity index (χ4n) is 0.647. The molecule has 0 amide bonds. The van der Waals surface area contributed by atoms with Gasteiger partial charge in [0.15, 0.2) is 0 Å². The average molecular weight is 199 g/mol. The lowest BCUT2D eigenvalue weighted by Crippen LogP contribution is -2.25. The Hall–Kier alpha value is 0.490. The summed E-state index contributed by atoms with van der Waals surface area (Å²) in [6.07, 6.45) is 1.75. The second kappa shape index (κ2) is 5.19. The molecule has 0 aromatic carbocycles. The topological polar surface area (TPSA) is 75.7 Å². The molecule has 0 bridgehead atoms. The van der Waals surface area contributed by atoms with E-state index in [9.17, 15) is 0 Å². The van der Waals surface area contributed by atoms with Crippen molar-refractivity contribution in [3.63, 3.8) is 0 Å². The monoisotopic (exact) mass is 199 g/mol. The maximum atomic E-state index is 8.64. The van der Waals surface area contributed by atoms with E-state index in [1.54, 1.807) is 0 Å². The molecule has 4 N–H and O–H groups in total. The summed E-state index contributed by atoms with van der Waals surface area (Å²) in [4.78, 5) is 17.3. The van der Waals surface area contributed by atoms with Gasteiger partial charge < -0.3 is 20.0 Å². The summed E-state index contributed by atoms with van der Waals surface area (Å²) in [5, 5.41) is 0. The predicted molar refractivity (Wildman–Crippen MR) is 47.6 cm³/mol. The van der Waals surface area contributed by atoms with Gasteiger partial charge in [-0.2, -0.15) is 0 Å². The Balaban J connectivity index is 3.46. The standard InChI is InChI=1S/C5H14NO3PS/c1-2-3-5(6)4-9-10(7,8)11/h5H,2-4,6H2,1H3,(H2,7,8,11)/t5-/m0/s1. The molecule has 0 fully saturated rings. The molecule has 1 atom stereocenters. The summed E-state index contributed by atoms with van der Waals surface area (Å²) < 4.78 is 4.56. The molecule has 0 saturated carbocycles. The van der Waals surface area contributed by atoms with Gasteiger partial charge in [-0.05, 0) is 18.2 Å². The molecule has 0 aromatic rings. The van der Waals surface area contributed by atoms with Crippen LogP contribution in [0, 0.1) is 0 Å². The highest BCUT2D eigenvalue weighted by Gasteiger charge is 2.10. The van der Waals surface area contributed by atoms with Gasteiger partial charge in [0.1, 0.15) is 0 Å². The number of nitrogens with two attached hydrogens (primary N) is 1. The summed E-state index contributed by atoms with van der Waals surface area (Å²) in [7, 11) is 0. The smallest absolute Gasteiger partial charge is 0.321 e. The van der Waals surface area contributed by atoms with E-state index >= 15 is 0 Å². The quantitative estimate of drug-likeness (QED) is 0.557. The van der Waals surface area contributed by atoms with E-state index in [4.69, 9.17) is 15.5 Å². The summed E-state index contributed by atoms with van der Waals surface area (Å²) in [5.74, 6) is 0. The zero-order valence-electron chi connectivity index (χ0n) is 6.43. The third kappa shape index (κ3) is 8.40. The first-order valence-electron chi connectivity index (χ1n) is 3.41. The Morgan fingerprint density at radius 3 is 2.55 bits per heavy atom. The molecule has 0 aliphatic heterocycles. The lowest BCUT2D eigenvalue weighted by atomic mass is 10.2. The van der Waals surface area contributed by atoms with E-state index in [1.807, 2.05) is 6.92 Å². The Morgan fingerprint density at radius 1 is 1.64 bits per heavy atom. The number of hydrogen-bond donors (Lipinski definition) is 3. The van der Waals surface area contributed by atoms with Crippen LogP contribution in [0.5, 0.6) is 0 Å². The van der Waals surface area contributed by atoms with Gasteiger partial charge in [0.25, 0.3) is 0 Å². The molecule has 6 heteroatoms. The van der Waals surface area contributed by atoms with Gasteiger partial charge in [-0.1, -0.05) is 13.3 Å². The van der Waals surface area contributed by atoms with E-state index in [0.29, 0.717) is 0 Å². The second-order valence-electron chi connectivity index (χ2n) is 2.34. The van der Waals surface area contributed by atoms with Crippen molar-refractivity contribution < 1.29 is 14.3 Å². The zero-order chi connectivity index (χ0) is 8.91. The lowest BCUT2D eigenvalue weighted by molar-refractivity contribution is 0.231. The van der Waals surface area contributed by atoms with E-state index in [-0.39, 0.29) is 12.6 Å². The number of rotatable bonds is 5. The molecule has 4 nitrogen and oxygen atoms in total. The van der Waals surface area contributed by atoms with Gasteiger partial charge in [-0.3, -0.25) is 0 Å². The summed E-state index contributed by atoms with van der Waals surface area (Å²) in [6, 6.07) is -0.151. The van der Waals surface area contributed by atoms with Crippen molar-refractivity contribution in [2.45, 2.75) is 25.8 Å². The van der Waals surface area contributed by atoms with E-state index in [1.165, 1.54) is 0 Å². The van der Waals surface area contributed by atoms with Crippen LogP contribution in [-0.2, 0) is 16.3 Å². The van der Waals surface area contributed by atoms with Crippen LogP contribution < -0.4 is 5.73 Å². The Morgan fingerprint density at radius 2 is 2.18 bits per heavy atom. The molecular weight excluding hydrogens is 185 g/mol. The SMILES string of the molecule is CCC[C@H](N)COP(O)(O)=S. The predicted octanol–water partition coefficient (Wildman–Crippen LogP) is 0.340. The highest BCUT2D eigenvalue weighted by Crippen LogP contribution is 2.36. The highest BCUT2D eigenvalue weighted by atomic mass is 32.5. The van der Waals surface area contributed by atoms with E-state index < -0.39 is 6.72 Å². The first-order chi connectivity index (χ1) is 4.95. The summed E-state index contributed by atoms with van der Waals surface area (Å²) >= 11 is 4.23. The van der Waals surface area contributed by atoms with Crippen molar-refractivity contribution in [2.24, 2.45) is 5.73 Å². The van der Waals surface area contributed by atoms with Gasteiger partial charge in [0.2, 0.25) is 0 Å². The van der Waals surface area contributed by atoms with Crippen molar-refractivity contribution in [3.05, 3.63) is 0 Å². The third-order valence-electron chi connectivity index (χ3n) is 1.12. The second-order valence-corrected chi connectivity index (χ2v) is 5.00. The third-order valence-corrected chi connectivity index (χ3v) is 1.92. The first kappa shape index (κ1) is 11.5. The molecule has 0 aromatic heterocycles. The van der Waals surface area contributed by atoms with Crippen molar-refractivity contribution in [3.8, 4) is 0 Å². The maximum absolute atomic E-state index is 8.64. The molecule has 0 aliphatic rings. The summed E-state index contributed by atoms with van der Waals surface area (Å²) in [5.41, 5.74) is 5.52. The van der Waals surface area contributed by atoms with Crippen molar-refractivity contribution in [1.82, 2.24) is 0 Å². The van der Waals surface area contributed by atoms with Crippen molar-refractivity contribution in [1.29, 1.82) is 0 Å². The Bertz CT molecular complexity index is 149. The van der Waals surface area contributed by atoms with Gasteiger partial charge in [0, 0.05) is 6.04 Å². The van der Waals surface area contributed by atoms with Crippen LogP contribution in [0.3, 0.4) is 0 Å². The average Bonchev–Trinajstić information content (AvgIpc) is 1.83. The molecule has 0 saturated heterocycles. The van der Waals surface area contributed by atoms with Crippen LogP contribution in [0.2, 0.25) is 0 Å². The molecule has 0 unspecified atom stereocenters. The first-order valence-corrected chi connectivity index (χ1v) is 6.04. The van der Waals surface area contributed by atoms with Crippen LogP contribution in [0.1, 0.15) is 19.8 Å². The van der Waals surface area contributed by atoms with Crippen molar-refractivity contribution in [2.75, 3.05) is 6.61 Å². The fourth-order valence-corrected chi connectivity index (χ4v) is 1.22. The zero-order valence-corrected chi connectivity index (χ0v) is 8.15. The van der Waals surface area contributed by atoms with Gasteiger partial charge in [0.05, 0.1) is 6.61 Å². The largest absolute Gasteiger partial charge is 0.326 e. The molecule has 0 radical (unpaired) electrons.